The highest BCUT2D eigenvalue weighted by atomic mass is 32.2. The van der Waals surface area contributed by atoms with Crippen molar-refractivity contribution in [2.24, 2.45) is 0 Å². The molecule has 0 saturated heterocycles. The first-order valence-corrected chi connectivity index (χ1v) is 10.1. The molecule has 0 saturated carbocycles. The van der Waals surface area contributed by atoms with Crippen LogP contribution in [0.5, 0.6) is 11.5 Å². The number of carboxylic acids is 2. The third-order valence-corrected chi connectivity index (χ3v) is 5.07. The number of aromatic carboxylic acids is 2. The monoisotopic (exact) mass is 443 g/mol. The van der Waals surface area contributed by atoms with E-state index in [2.05, 4.69) is 0 Å². The number of benzene rings is 3. The van der Waals surface area contributed by atoms with Gasteiger partial charge in [0.25, 0.3) is 0 Å². The zero-order valence-electron chi connectivity index (χ0n) is 16.1. The standard InChI is InChI=1S/C22H17FO7S/c1-12-8-15(17(22(26)27)10-14(12)21(24)25)16-9-13(11-31(28)29)6-7-19(16)30-20-5-3-2-4-18(20)23/h2-10H,11H2,1H3,(H,24,25)(H,26,27)(H,28,29)/p-1. The lowest BCUT2D eigenvalue weighted by molar-refractivity contribution is 0.0695. The Morgan fingerprint density at radius 2 is 1.65 bits per heavy atom. The van der Waals surface area contributed by atoms with Gasteiger partial charge in [-0.2, -0.15) is 0 Å². The van der Waals surface area contributed by atoms with Crippen LogP contribution in [0.1, 0.15) is 31.8 Å². The van der Waals surface area contributed by atoms with Gasteiger partial charge in [0.05, 0.1) is 11.1 Å². The van der Waals surface area contributed by atoms with Crippen LogP contribution in [0, 0.1) is 12.7 Å². The van der Waals surface area contributed by atoms with E-state index in [1.54, 1.807) is 6.07 Å². The molecule has 0 fully saturated rings. The molecule has 0 heterocycles. The summed E-state index contributed by atoms with van der Waals surface area (Å²) in [6, 6.07) is 12.3. The maximum Gasteiger partial charge on any atom is 0.336 e. The molecule has 3 aromatic carbocycles. The van der Waals surface area contributed by atoms with Gasteiger partial charge < -0.3 is 19.5 Å². The van der Waals surface area contributed by atoms with Crippen LogP contribution in [0.3, 0.4) is 0 Å². The van der Waals surface area contributed by atoms with Crippen LogP contribution in [0.25, 0.3) is 11.1 Å². The molecule has 0 bridgehead atoms. The van der Waals surface area contributed by atoms with Gasteiger partial charge in [-0.25, -0.2) is 14.0 Å². The van der Waals surface area contributed by atoms with E-state index in [-0.39, 0.29) is 39.5 Å². The fourth-order valence-corrected chi connectivity index (χ4v) is 3.54. The summed E-state index contributed by atoms with van der Waals surface area (Å²) < 4.78 is 42.1. The van der Waals surface area contributed by atoms with Crippen molar-refractivity contribution in [3.05, 3.63) is 82.7 Å². The summed E-state index contributed by atoms with van der Waals surface area (Å²) in [5.74, 6) is -3.68. The molecular formula is C22H16FO7S-. The minimum Gasteiger partial charge on any atom is -0.772 e. The third kappa shape index (κ3) is 4.96. The average molecular weight is 443 g/mol. The summed E-state index contributed by atoms with van der Waals surface area (Å²) in [6.45, 7) is 1.51. The van der Waals surface area contributed by atoms with Crippen molar-refractivity contribution < 1.29 is 37.7 Å². The van der Waals surface area contributed by atoms with E-state index in [1.165, 1.54) is 49.4 Å². The molecule has 0 spiro atoms. The van der Waals surface area contributed by atoms with E-state index in [0.29, 0.717) is 11.1 Å². The second-order valence-corrected chi connectivity index (χ2v) is 7.53. The van der Waals surface area contributed by atoms with E-state index in [4.69, 9.17) is 4.74 Å². The predicted octanol–water partition coefficient (Wildman–Crippen LogP) is 4.37. The fourth-order valence-electron chi connectivity index (χ4n) is 3.09. The number of carboxylic acid groups (broad SMARTS) is 2. The molecule has 0 amide bonds. The molecule has 0 aliphatic rings. The number of para-hydroxylation sites is 1. The lowest BCUT2D eigenvalue weighted by Crippen LogP contribution is -2.07. The number of carbonyl (C=O) groups is 2. The van der Waals surface area contributed by atoms with Crippen LogP contribution in [0.15, 0.2) is 54.6 Å². The molecule has 3 aromatic rings. The zero-order valence-corrected chi connectivity index (χ0v) is 16.9. The number of hydrogen-bond acceptors (Lipinski definition) is 5. The second-order valence-electron chi connectivity index (χ2n) is 6.63. The third-order valence-electron chi connectivity index (χ3n) is 4.50. The SMILES string of the molecule is Cc1cc(-c2cc(CS(=O)[O-])ccc2Oc2ccccc2F)c(C(=O)O)cc1C(=O)O. The summed E-state index contributed by atoms with van der Waals surface area (Å²) in [6.07, 6.45) is 0. The number of halogens is 1. The van der Waals surface area contributed by atoms with Crippen LogP contribution in [0.4, 0.5) is 4.39 Å². The lowest BCUT2D eigenvalue weighted by atomic mass is 9.92. The molecule has 2 N–H and O–H groups in total. The Kier molecular flexibility index (Phi) is 6.47. The van der Waals surface area contributed by atoms with Crippen LogP contribution in [-0.2, 0) is 16.8 Å². The zero-order chi connectivity index (χ0) is 22.7. The van der Waals surface area contributed by atoms with Crippen LogP contribution in [-0.4, -0.2) is 30.9 Å². The van der Waals surface area contributed by atoms with Gasteiger partial charge in [0.15, 0.2) is 11.6 Å². The molecule has 1 unspecified atom stereocenters. The summed E-state index contributed by atoms with van der Waals surface area (Å²) >= 11 is -2.40. The molecule has 0 aliphatic carbocycles. The van der Waals surface area contributed by atoms with E-state index in [1.807, 2.05) is 0 Å². The summed E-state index contributed by atoms with van der Waals surface area (Å²) in [4.78, 5) is 23.3. The molecule has 0 aliphatic heterocycles. The first-order chi connectivity index (χ1) is 14.7. The van der Waals surface area contributed by atoms with Crippen molar-refractivity contribution in [2.75, 3.05) is 0 Å². The van der Waals surface area contributed by atoms with Crippen LogP contribution in [0.2, 0.25) is 0 Å². The highest BCUT2D eigenvalue weighted by molar-refractivity contribution is 7.78. The van der Waals surface area contributed by atoms with Crippen LogP contribution < -0.4 is 4.74 Å². The van der Waals surface area contributed by atoms with Crippen molar-refractivity contribution in [2.45, 2.75) is 12.7 Å². The quantitative estimate of drug-likeness (QED) is 0.520. The highest BCUT2D eigenvalue weighted by Crippen LogP contribution is 2.38. The van der Waals surface area contributed by atoms with Crippen molar-refractivity contribution >= 4 is 23.0 Å². The molecule has 160 valence electrons. The molecule has 3 rings (SSSR count). The smallest absolute Gasteiger partial charge is 0.336 e. The van der Waals surface area contributed by atoms with Gasteiger partial charge in [-0.1, -0.05) is 29.3 Å². The lowest BCUT2D eigenvalue weighted by Gasteiger charge is -2.17. The predicted molar refractivity (Wildman–Crippen MR) is 110 cm³/mol. The van der Waals surface area contributed by atoms with Gasteiger partial charge in [0.2, 0.25) is 0 Å². The summed E-state index contributed by atoms with van der Waals surface area (Å²) in [5.41, 5.74) is 0.433. The summed E-state index contributed by atoms with van der Waals surface area (Å²) in [7, 11) is 0. The first-order valence-electron chi connectivity index (χ1n) is 8.90. The van der Waals surface area contributed by atoms with Gasteiger partial charge in [-0.15, -0.1) is 0 Å². The van der Waals surface area contributed by atoms with Crippen LogP contribution >= 0.6 is 0 Å². The topological polar surface area (TPSA) is 124 Å². The largest absolute Gasteiger partial charge is 0.772 e. The maximum atomic E-state index is 14.1. The van der Waals surface area contributed by atoms with Crippen molar-refractivity contribution in [3.8, 4) is 22.6 Å². The number of hydrogen-bond donors (Lipinski definition) is 2. The minimum atomic E-state index is -2.40. The number of ether oxygens (including phenoxy) is 1. The van der Waals surface area contributed by atoms with Gasteiger partial charge in [0, 0.05) is 16.9 Å². The maximum absolute atomic E-state index is 14.1. The van der Waals surface area contributed by atoms with E-state index < -0.39 is 28.8 Å². The summed E-state index contributed by atoms with van der Waals surface area (Å²) in [5, 5.41) is 19.0. The second kappa shape index (κ2) is 9.07. The first kappa shape index (κ1) is 22.1. The molecule has 0 radical (unpaired) electrons. The Morgan fingerprint density at radius 1 is 0.968 bits per heavy atom. The van der Waals surface area contributed by atoms with E-state index in [9.17, 15) is 33.0 Å². The molecule has 9 heteroatoms. The molecule has 1 atom stereocenters. The Hall–Kier alpha value is -3.56. The molecule has 0 aromatic heterocycles. The number of rotatable bonds is 7. The average Bonchev–Trinajstić information content (AvgIpc) is 2.69. The van der Waals surface area contributed by atoms with Gasteiger partial charge >= 0.3 is 11.9 Å². The molecule has 7 nitrogen and oxygen atoms in total. The number of aryl methyl sites for hydroxylation is 1. The van der Waals surface area contributed by atoms with Crippen molar-refractivity contribution in [1.29, 1.82) is 0 Å². The minimum absolute atomic E-state index is 0.0792. The van der Waals surface area contributed by atoms with E-state index in [0.717, 1.165) is 6.07 Å². The Morgan fingerprint density at radius 3 is 2.26 bits per heavy atom. The molecular weight excluding hydrogens is 427 g/mol. The van der Waals surface area contributed by atoms with Gasteiger partial charge in [0.1, 0.15) is 5.75 Å². The Balaban J connectivity index is 2.25. The Bertz CT molecular complexity index is 1210. The van der Waals surface area contributed by atoms with Crippen molar-refractivity contribution in [3.63, 3.8) is 0 Å². The van der Waals surface area contributed by atoms with E-state index >= 15 is 0 Å². The van der Waals surface area contributed by atoms with Gasteiger partial charge in [-0.3, -0.25) is 4.21 Å². The normalized spacial score (nSPS) is 11.7. The Labute approximate surface area is 179 Å². The molecule has 31 heavy (non-hydrogen) atoms. The fraction of sp³-hybridized carbons (Fsp3) is 0.0909. The van der Waals surface area contributed by atoms with Gasteiger partial charge in [-0.05, 0) is 54.4 Å². The van der Waals surface area contributed by atoms with Crippen molar-refractivity contribution in [1.82, 2.24) is 0 Å². The highest BCUT2D eigenvalue weighted by Gasteiger charge is 2.21.